The Kier molecular flexibility index (Phi) is 7.20. The van der Waals surface area contributed by atoms with Gasteiger partial charge in [0.05, 0.1) is 11.4 Å². The molecule has 0 radical (unpaired) electrons. The van der Waals surface area contributed by atoms with Crippen LogP contribution >= 0.6 is 11.6 Å². The number of amides is 1. The lowest BCUT2D eigenvalue weighted by Gasteiger charge is -2.30. The molecule has 0 aromatic heterocycles. The molecular formula is C18H25ClN2O4S. The molecular weight excluding hydrogens is 376 g/mol. The number of rotatable bonds is 6. The van der Waals surface area contributed by atoms with Gasteiger partial charge in [0.25, 0.3) is 10.0 Å². The van der Waals surface area contributed by atoms with Crippen molar-refractivity contribution in [1.29, 1.82) is 0 Å². The molecule has 0 aliphatic carbocycles. The minimum Gasteiger partial charge on any atom is -0.310 e. The summed E-state index contributed by atoms with van der Waals surface area (Å²) in [5.41, 5.74) is 0. The van der Waals surface area contributed by atoms with E-state index in [2.05, 4.69) is 5.32 Å². The van der Waals surface area contributed by atoms with Gasteiger partial charge in [0, 0.05) is 11.4 Å². The SMILES string of the molecule is CC[C@H](C)CC(=O)N(C1CCCNCC1=O)S(=O)(=O)c1cccc(Cl)c1. The summed E-state index contributed by atoms with van der Waals surface area (Å²) in [6.07, 6.45) is 1.76. The molecule has 0 bridgehead atoms. The van der Waals surface area contributed by atoms with Gasteiger partial charge < -0.3 is 5.32 Å². The maximum atomic E-state index is 13.2. The summed E-state index contributed by atoms with van der Waals surface area (Å²) in [7, 11) is -4.17. The lowest BCUT2D eigenvalue weighted by molar-refractivity contribution is -0.134. The van der Waals surface area contributed by atoms with E-state index < -0.39 is 22.0 Å². The van der Waals surface area contributed by atoms with Crippen molar-refractivity contribution in [3.05, 3.63) is 29.3 Å². The Hall–Kier alpha value is -1.44. The number of nitrogens with one attached hydrogen (secondary N) is 1. The van der Waals surface area contributed by atoms with Crippen LogP contribution in [0.15, 0.2) is 29.2 Å². The second kappa shape index (κ2) is 8.97. The minimum absolute atomic E-state index is 0.0265. The monoisotopic (exact) mass is 400 g/mol. The summed E-state index contributed by atoms with van der Waals surface area (Å²) in [4.78, 5) is 25.4. The lowest BCUT2D eigenvalue weighted by atomic mass is 10.0. The molecule has 1 heterocycles. The first kappa shape index (κ1) is 20.9. The zero-order chi connectivity index (χ0) is 19.3. The second-order valence-electron chi connectivity index (χ2n) is 6.67. The van der Waals surface area contributed by atoms with Crippen LogP contribution in [0.3, 0.4) is 0 Å². The third-order valence-electron chi connectivity index (χ3n) is 4.60. The predicted octanol–water partition coefficient (Wildman–Crippen LogP) is 2.61. The van der Waals surface area contributed by atoms with E-state index in [0.29, 0.717) is 19.4 Å². The van der Waals surface area contributed by atoms with E-state index in [0.717, 1.165) is 10.7 Å². The van der Waals surface area contributed by atoms with Crippen molar-refractivity contribution >= 4 is 33.3 Å². The highest BCUT2D eigenvalue weighted by Crippen LogP contribution is 2.26. The number of benzene rings is 1. The summed E-state index contributed by atoms with van der Waals surface area (Å²) in [5, 5.41) is 3.23. The molecule has 1 aliphatic heterocycles. The van der Waals surface area contributed by atoms with Crippen LogP contribution in [-0.2, 0) is 19.6 Å². The molecule has 1 unspecified atom stereocenters. The van der Waals surface area contributed by atoms with Crippen molar-refractivity contribution in [3.63, 3.8) is 0 Å². The van der Waals surface area contributed by atoms with Crippen LogP contribution in [0.4, 0.5) is 0 Å². The van der Waals surface area contributed by atoms with Gasteiger partial charge in [-0.25, -0.2) is 12.7 Å². The number of hydrogen-bond donors (Lipinski definition) is 1. The fourth-order valence-corrected chi connectivity index (χ4v) is 4.82. The van der Waals surface area contributed by atoms with E-state index in [1.54, 1.807) is 6.07 Å². The minimum atomic E-state index is -4.17. The van der Waals surface area contributed by atoms with Crippen LogP contribution in [0, 0.1) is 5.92 Å². The fourth-order valence-electron chi connectivity index (χ4n) is 2.91. The van der Waals surface area contributed by atoms with Gasteiger partial charge in [0.15, 0.2) is 5.78 Å². The third-order valence-corrected chi connectivity index (χ3v) is 6.66. The van der Waals surface area contributed by atoms with Crippen LogP contribution in [0.2, 0.25) is 5.02 Å². The summed E-state index contributed by atoms with van der Waals surface area (Å²) in [6, 6.07) is 4.80. The predicted molar refractivity (Wildman–Crippen MR) is 100 cm³/mol. The number of sulfonamides is 1. The molecule has 26 heavy (non-hydrogen) atoms. The molecule has 1 aromatic rings. The first-order valence-electron chi connectivity index (χ1n) is 8.83. The third kappa shape index (κ3) is 4.84. The molecule has 0 spiro atoms. The standard InChI is InChI=1S/C18H25ClN2O4S/c1-3-13(2)10-18(23)21(16-8-5-9-20-12-17(16)22)26(24,25)15-7-4-6-14(19)11-15/h4,6-7,11,13,16,20H,3,5,8-10,12H2,1-2H3/t13-,16?/m0/s1. The van der Waals surface area contributed by atoms with Gasteiger partial charge >= 0.3 is 0 Å². The number of nitrogens with zero attached hydrogens (tertiary/aromatic N) is 1. The van der Waals surface area contributed by atoms with E-state index in [9.17, 15) is 18.0 Å². The van der Waals surface area contributed by atoms with E-state index in [1.807, 2.05) is 13.8 Å². The van der Waals surface area contributed by atoms with Crippen molar-refractivity contribution in [2.75, 3.05) is 13.1 Å². The molecule has 8 heteroatoms. The molecule has 1 aliphatic rings. The maximum Gasteiger partial charge on any atom is 0.267 e. The first-order valence-corrected chi connectivity index (χ1v) is 10.7. The molecule has 144 valence electrons. The van der Waals surface area contributed by atoms with Gasteiger partial charge in [-0.3, -0.25) is 9.59 Å². The number of carbonyl (C=O) groups excluding carboxylic acids is 2. The quantitative estimate of drug-likeness (QED) is 0.793. The summed E-state index contributed by atoms with van der Waals surface area (Å²) < 4.78 is 27.3. The van der Waals surface area contributed by atoms with Gasteiger partial charge in [0.2, 0.25) is 5.91 Å². The summed E-state index contributed by atoms with van der Waals surface area (Å²) >= 11 is 5.94. The molecule has 1 fully saturated rings. The number of ketones is 1. The zero-order valence-corrected chi connectivity index (χ0v) is 16.6. The van der Waals surface area contributed by atoms with Crippen LogP contribution in [0.1, 0.15) is 39.5 Å². The highest BCUT2D eigenvalue weighted by atomic mass is 35.5. The van der Waals surface area contributed by atoms with Gasteiger partial charge in [-0.1, -0.05) is 37.9 Å². The number of carbonyl (C=O) groups is 2. The Bertz CT molecular complexity index is 766. The average Bonchev–Trinajstić information content (AvgIpc) is 2.79. The van der Waals surface area contributed by atoms with Crippen LogP contribution in [0.5, 0.6) is 0 Å². The molecule has 6 nitrogen and oxygen atoms in total. The number of hydrogen-bond acceptors (Lipinski definition) is 5. The van der Waals surface area contributed by atoms with Crippen molar-refractivity contribution in [2.24, 2.45) is 5.92 Å². The second-order valence-corrected chi connectivity index (χ2v) is 8.92. The van der Waals surface area contributed by atoms with Gasteiger partial charge in [-0.2, -0.15) is 0 Å². The molecule has 1 amide bonds. The van der Waals surface area contributed by atoms with Crippen LogP contribution in [0.25, 0.3) is 0 Å². The highest BCUT2D eigenvalue weighted by Gasteiger charge is 2.39. The molecule has 2 rings (SSSR count). The Balaban J connectivity index is 2.48. The number of Topliss-reactive ketones (excluding diaryl/α,β-unsaturated/α-hetero) is 1. The highest BCUT2D eigenvalue weighted by molar-refractivity contribution is 7.89. The van der Waals surface area contributed by atoms with Gasteiger partial charge in [0.1, 0.15) is 6.04 Å². The normalized spacial score (nSPS) is 19.7. The van der Waals surface area contributed by atoms with E-state index in [-0.39, 0.29) is 34.6 Å². The zero-order valence-electron chi connectivity index (χ0n) is 15.1. The topological polar surface area (TPSA) is 83.6 Å². The molecule has 0 saturated carbocycles. The molecule has 1 N–H and O–H groups in total. The molecule has 2 atom stereocenters. The lowest BCUT2D eigenvalue weighted by Crippen LogP contribution is -2.49. The number of halogens is 1. The van der Waals surface area contributed by atoms with E-state index in [4.69, 9.17) is 11.6 Å². The Morgan fingerprint density at radius 2 is 2.15 bits per heavy atom. The van der Waals surface area contributed by atoms with Crippen molar-refractivity contribution in [3.8, 4) is 0 Å². The van der Waals surface area contributed by atoms with Gasteiger partial charge in [-0.15, -0.1) is 0 Å². The Morgan fingerprint density at radius 1 is 1.42 bits per heavy atom. The van der Waals surface area contributed by atoms with E-state index in [1.165, 1.54) is 18.2 Å². The van der Waals surface area contributed by atoms with Crippen LogP contribution < -0.4 is 5.32 Å². The van der Waals surface area contributed by atoms with Crippen molar-refractivity contribution < 1.29 is 18.0 Å². The average molecular weight is 401 g/mol. The van der Waals surface area contributed by atoms with Gasteiger partial charge in [-0.05, 0) is 43.5 Å². The van der Waals surface area contributed by atoms with Crippen molar-refractivity contribution in [1.82, 2.24) is 9.62 Å². The Morgan fingerprint density at radius 3 is 2.81 bits per heavy atom. The van der Waals surface area contributed by atoms with E-state index >= 15 is 0 Å². The van der Waals surface area contributed by atoms with Crippen LogP contribution in [-0.4, -0.2) is 43.5 Å². The molecule has 1 saturated heterocycles. The first-order chi connectivity index (χ1) is 12.3. The fraction of sp³-hybridized carbons (Fsp3) is 0.556. The largest absolute Gasteiger partial charge is 0.310 e. The Labute approximate surface area is 160 Å². The molecule has 1 aromatic carbocycles. The maximum absolute atomic E-state index is 13.2. The van der Waals surface area contributed by atoms with Crippen molar-refractivity contribution in [2.45, 2.75) is 50.5 Å². The summed E-state index contributed by atoms with van der Waals surface area (Å²) in [5.74, 6) is -0.802. The smallest absolute Gasteiger partial charge is 0.267 e. The summed E-state index contributed by atoms with van der Waals surface area (Å²) in [6.45, 7) is 4.50.